The van der Waals surface area contributed by atoms with Gasteiger partial charge in [0, 0.05) is 0 Å². The Morgan fingerprint density at radius 1 is 0.889 bits per heavy atom. The molecule has 0 unspecified atom stereocenters. The molecule has 0 spiro atoms. The van der Waals surface area contributed by atoms with E-state index in [2.05, 4.69) is 19.9 Å². The van der Waals surface area contributed by atoms with Crippen LogP contribution in [0.15, 0.2) is 66.0 Å². The number of rotatable bonds is 0. The van der Waals surface area contributed by atoms with Gasteiger partial charge in [0.15, 0.2) is 5.65 Å². The molecule has 1 N–H and O–H groups in total. The lowest BCUT2D eigenvalue weighted by Gasteiger charge is -1.80. The second kappa shape index (κ2) is 7.13. The van der Waals surface area contributed by atoms with Gasteiger partial charge in [0.2, 0.25) is 0 Å². The zero-order valence-electron chi connectivity index (χ0n) is 9.60. The first-order chi connectivity index (χ1) is 8.97. The van der Waals surface area contributed by atoms with Crippen LogP contribution in [0.5, 0.6) is 0 Å². The SMILES string of the molecule is c1ccccsccc1.c1ncc2[nH]cnc2n1. The van der Waals surface area contributed by atoms with Gasteiger partial charge in [-0.3, -0.25) is 0 Å². The monoisotopic (exact) mass is 256 g/mol. The summed E-state index contributed by atoms with van der Waals surface area (Å²) in [4.78, 5) is 14.5. The highest BCUT2D eigenvalue weighted by Crippen LogP contribution is 1.99. The summed E-state index contributed by atoms with van der Waals surface area (Å²) in [7, 11) is 0. The molecule has 5 heteroatoms. The van der Waals surface area contributed by atoms with Crippen LogP contribution in [-0.2, 0) is 0 Å². The topological polar surface area (TPSA) is 54.5 Å². The molecule has 4 nitrogen and oxygen atoms in total. The van der Waals surface area contributed by atoms with Crippen LogP contribution < -0.4 is 0 Å². The Labute approximate surface area is 109 Å². The fourth-order valence-electron chi connectivity index (χ4n) is 1.17. The van der Waals surface area contributed by atoms with Crippen LogP contribution >= 0.6 is 11.3 Å². The van der Waals surface area contributed by atoms with Crippen molar-refractivity contribution in [2.24, 2.45) is 0 Å². The predicted octanol–water partition coefficient (Wildman–Crippen LogP) is 3.23. The maximum Gasteiger partial charge on any atom is 0.180 e. The molecule has 0 radical (unpaired) electrons. The van der Waals surface area contributed by atoms with Gasteiger partial charge in [-0.2, -0.15) is 11.3 Å². The lowest BCUT2D eigenvalue weighted by atomic mass is 10.5. The van der Waals surface area contributed by atoms with Crippen molar-refractivity contribution in [2.75, 3.05) is 0 Å². The van der Waals surface area contributed by atoms with Gasteiger partial charge in [-0.1, -0.05) is 36.4 Å². The van der Waals surface area contributed by atoms with E-state index in [1.807, 2.05) is 47.2 Å². The van der Waals surface area contributed by atoms with Crippen LogP contribution in [0.4, 0.5) is 0 Å². The molecule has 0 aromatic carbocycles. The summed E-state index contributed by atoms with van der Waals surface area (Å²) in [6.45, 7) is 0. The maximum absolute atomic E-state index is 3.91. The second-order valence-electron chi connectivity index (χ2n) is 3.23. The number of hydrogen-bond donors (Lipinski definition) is 1. The molecule has 0 fully saturated rings. The summed E-state index contributed by atoms with van der Waals surface area (Å²) in [6.07, 6.45) is 4.76. The third-order valence-corrected chi connectivity index (χ3v) is 2.60. The van der Waals surface area contributed by atoms with E-state index < -0.39 is 0 Å². The van der Waals surface area contributed by atoms with Crippen LogP contribution in [0.25, 0.3) is 11.2 Å². The van der Waals surface area contributed by atoms with E-state index in [9.17, 15) is 0 Å². The van der Waals surface area contributed by atoms with E-state index >= 15 is 0 Å². The number of aromatic amines is 1. The van der Waals surface area contributed by atoms with Crippen molar-refractivity contribution in [2.45, 2.75) is 0 Å². The number of fused-ring (bicyclic) bond motifs is 1. The van der Waals surface area contributed by atoms with Gasteiger partial charge in [0.1, 0.15) is 11.8 Å². The molecule has 3 heterocycles. The highest BCUT2D eigenvalue weighted by Gasteiger charge is 1.91. The van der Waals surface area contributed by atoms with Gasteiger partial charge in [0.05, 0.1) is 12.5 Å². The molecule has 0 saturated carbocycles. The number of aromatic nitrogens is 4. The smallest absolute Gasteiger partial charge is 0.180 e. The van der Waals surface area contributed by atoms with Gasteiger partial charge < -0.3 is 4.98 Å². The van der Waals surface area contributed by atoms with Crippen LogP contribution in [0.1, 0.15) is 0 Å². The average Bonchev–Trinajstić information content (AvgIpc) is 2.93. The van der Waals surface area contributed by atoms with E-state index in [-0.39, 0.29) is 0 Å². The van der Waals surface area contributed by atoms with E-state index in [0.717, 1.165) is 5.52 Å². The molecule has 18 heavy (non-hydrogen) atoms. The Hall–Kier alpha value is -2.27. The van der Waals surface area contributed by atoms with Crippen LogP contribution in [0, 0.1) is 0 Å². The Morgan fingerprint density at radius 3 is 2.33 bits per heavy atom. The molecule has 0 saturated heterocycles. The van der Waals surface area contributed by atoms with E-state index in [1.165, 1.54) is 6.33 Å². The van der Waals surface area contributed by atoms with E-state index in [1.54, 1.807) is 23.9 Å². The molecule has 3 aromatic heterocycles. The van der Waals surface area contributed by atoms with E-state index in [4.69, 9.17) is 0 Å². The first-order valence-electron chi connectivity index (χ1n) is 5.36. The number of nitrogens with zero attached hydrogens (tertiary/aromatic N) is 3. The third-order valence-electron chi connectivity index (χ3n) is 1.97. The Balaban J connectivity index is 0.000000134. The largest absolute Gasteiger partial charge is 0.342 e. The number of nitrogens with one attached hydrogen (secondary N) is 1. The molecule has 0 atom stereocenters. The van der Waals surface area contributed by atoms with Crippen molar-refractivity contribution in [1.82, 2.24) is 19.9 Å². The number of H-pyrrole nitrogens is 1. The fourth-order valence-corrected chi connectivity index (χ4v) is 1.63. The second-order valence-corrected chi connectivity index (χ2v) is 4.04. The Morgan fingerprint density at radius 2 is 1.61 bits per heavy atom. The van der Waals surface area contributed by atoms with Crippen molar-refractivity contribution in [3.8, 4) is 0 Å². The summed E-state index contributed by atoms with van der Waals surface area (Å²) in [5.74, 6) is 0. The van der Waals surface area contributed by atoms with E-state index in [0.29, 0.717) is 5.65 Å². The first kappa shape index (κ1) is 12.2. The number of hydrogen-bond acceptors (Lipinski definition) is 4. The third kappa shape index (κ3) is 3.95. The van der Waals surface area contributed by atoms with Crippen LogP contribution in [0.3, 0.4) is 0 Å². The average molecular weight is 256 g/mol. The predicted molar refractivity (Wildman–Crippen MR) is 73.6 cm³/mol. The fraction of sp³-hybridized carbons (Fsp3) is 0. The van der Waals surface area contributed by atoms with Crippen LogP contribution in [-0.4, -0.2) is 19.9 Å². The molecule has 90 valence electrons. The molecule has 0 amide bonds. The van der Waals surface area contributed by atoms with Crippen LogP contribution in [0.2, 0.25) is 0 Å². The standard InChI is InChI=1S/C8H8S.C5H4N4/c1-2-4-6-8-9-7-5-3-1;1-4-5(8-2-6-1)9-3-7-4/h1-8H;1-3H,(H,6,7,8,9). The highest BCUT2D eigenvalue weighted by atomic mass is 32.1. The highest BCUT2D eigenvalue weighted by molar-refractivity contribution is 7.07. The maximum atomic E-state index is 3.91. The Bertz CT molecular complexity index is 524. The first-order valence-corrected chi connectivity index (χ1v) is 6.30. The Kier molecular flexibility index (Phi) is 4.83. The molecule has 0 aliphatic heterocycles. The summed E-state index contributed by atoms with van der Waals surface area (Å²) in [6, 6.07) is 12.1. The summed E-state index contributed by atoms with van der Waals surface area (Å²) < 4.78 is 0. The van der Waals surface area contributed by atoms with Crippen molar-refractivity contribution < 1.29 is 0 Å². The number of imidazole rings is 1. The quantitative estimate of drug-likeness (QED) is 0.672. The molecule has 3 aromatic rings. The minimum Gasteiger partial charge on any atom is -0.342 e. The zero-order chi connectivity index (χ0) is 12.5. The van der Waals surface area contributed by atoms with Crippen molar-refractivity contribution in [1.29, 1.82) is 0 Å². The van der Waals surface area contributed by atoms with Gasteiger partial charge in [-0.05, 0) is 10.8 Å². The molecule has 3 rings (SSSR count). The minimum absolute atomic E-state index is 0.713. The summed E-state index contributed by atoms with van der Waals surface area (Å²) in [5.41, 5.74) is 1.59. The van der Waals surface area contributed by atoms with Crippen molar-refractivity contribution >= 4 is 22.5 Å². The molecule has 0 bridgehead atoms. The van der Waals surface area contributed by atoms with Gasteiger partial charge in [-0.15, -0.1) is 0 Å². The molecule has 0 aliphatic carbocycles. The normalized spacial score (nSPS) is 9.11. The van der Waals surface area contributed by atoms with Gasteiger partial charge in [-0.25, -0.2) is 15.0 Å². The lowest BCUT2D eigenvalue weighted by Crippen LogP contribution is -1.76. The minimum atomic E-state index is 0.713. The molecule has 0 aliphatic rings. The zero-order valence-corrected chi connectivity index (χ0v) is 10.4. The van der Waals surface area contributed by atoms with Gasteiger partial charge >= 0.3 is 0 Å². The molecular formula is C13H12N4S. The lowest BCUT2D eigenvalue weighted by molar-refractivity contribution is 1.20. The summed E-state index contributed by atoms with van der Waals surface area (Å²) in [5, 5.41) is 4.08. The van der Waals surface area contributed by atoms with Gasteiger partial charge in [0.25, 0.3) is 0 Å². The van der Waals surface area contributed by atoms with Crippen molar-refractivity contribution in [3.63, 3.8) is 0 Å². The summed E-state index contributed by atoms with van der Waals surface area (Å²) >= 11 is 1.68. The van der Waals surface area contributed by atoms with Crippen molar-refractivity contribution in [3.05, 3.63) is 66.0 Å². The molecular weight excluding hydrogens is 244 g/mol.